The van der Waals surface area contributed by atoms with Crippen LogP contribution in [0.25, 0.3) is 24.3 Å². The van der Waals surface area contributed by atoms with E-state index in [9.17, 15) is 0 Å². The molecule has 2 aromatic heterocycles. The van der Waals surface area contributed by atoms with Crippen LogP contribution >= 0.6 is 0 Å². The van der Waals surface area contributed by atoms with E-state index in [4.69, 9.17) is 0 Å². The molecule has 0 aliphatic rings. The number of hydrogen-bond donors (Lipinski definition) is 0. The molecule has 0 amide bonds. The third-order valence-corrected chi connectivity index (χ3v) is 6.26. The molecule has 5 aromatic rings. The van der Waals surface area contributed by atoms with Gasteiger partial charge in [0.1, 0.15) is 14.1 Å². The van der Waals surface area contributed by atoms with Crippen molar-refractivity contribution in [1.29, 1.82) is 0 Å². The molecule has 0 aliphatic heterocycles. The smallest absolute Gasteiger partial charge is 0.169 e. The van der Waals surface area contributed by atoms with E-state index < -0.39 is 0 Å². The summed E-state index contributed by atoms with van der Waals surface area (Å²) in [7, 11) is 4.05. The summed E-state index contributed by atoms with van der Waals surface area (Å²) in [4.78, 5) is 2.29. The zero-order valence-electron chi connectivity index (χ0n) is 21.3. The van der Waals surface area contributed by atoms with Gasteiger partial charge in [0.15, 0.2) is 24.8 Å². The molecule has 180 valence electrons. The predicted octanol–water partition coefficient (Wildman–Crippen LogP) is 7.15. The number of benzene rings is 3. The fourth-order valence-electron chi connectivity index (χ4n) is 4.13. The summed E-state index contributed by atoms with van der Waals surface area (Å²) in [5.41, 5.74) is 8.07. The molecule has 0 saturated carbocycles. The van der Waals surface area contributed by atoms with Crippen LogP contribution in [0, 0.1) is 0 Å². The van der Waals surface area contributed by atoms with Gasteiger partial charge in [0.05, 0.1) is 0 Å². The molecule has 0 saturated heterocycles. The summed E-state index contributed by atoms with van der Waals surface area (Å²) >= 11 is 0. The van der Waals surface area contributed by atoms with E-state index in [0.717, 1.165) is 17.1 Å². The second-order valence-electron chi connectivity index (χ2n) is 9.11. The quantitative estimate of drug-likeness (QED) is 0.225. The first-order chi connectivity index (χ1) is 18.1. The van der Waals surface area contributed by atoms with E-state index in [1.807, 2.05) is 23.2 Å². The lowest BCUT2D eigenvalue weighted by molar-refractivity contribution is -0.671. The standard InChI is InChI=1S/C34H31N3/c1-35-24-20-30(21-25-35)10-8-28-12-16-33(17-13-28)37(32-6-4-3-5-7-32)34-18-14-29(15-19-34)9-11-31-22-26-36(2)27-23-31/h3-27H,1-2H3/q+2. The molecule has 0 radical (unpaired) electrons. The van der Waals surface area contributed by atoms with Gasteiger partial charge in [-0.1, -0.05) is 66.8 Å². The van der Waals surface area contributed by atoms with Crippen LogP contribution in [-0.4, -0.2) is 0 Å². The zero-order chi connectivity index (χ0) is 25.5. The van der Waals surface area contributed by atoms with Gasteiger partial charge < -0.3 is 4.90 Å². The van der Waals surface area contributed by atoms with E-state index >= 15 is 0 Å². The van der Waals surface area contributed by atoms with E-state index in [1.54, 1.807) is 0 Å². The summed E-state index contributed by atoms with van der Waals surface area (Å²) in [6, 6.07) is 36.3. The molecule has 0 spiro atoms. The highest BCUT2D eigenvalue weighted by molar-refractivity contribution is 5.79. The number of hydrogen-bond acceptors (Lipinski definition) is 1. The normalized spacial score (nSPS) is 11.3. The Hall–Kier alpha value is -4.76. The first kappa shape index (κ1) is 24.0. The monoisotopic (exact) mass is 481 g/mol. The van der Waals surface area contributed by atoms with Crippen LogP contribution in [0.4, 0.5) is 17.1 Å². The maximum atomic E-state index is 2.29. The third kappa shape index (κ3) is 6.28. The van der Waals surface area contributed by atoms with Gasteiger partial charge in [-0.05, 0) is 58.7 Å². The Morgan fingerprint density at radius 3 is 1.11 bits per heavy atom. The Balaban J connectivity index is 1.38. The van der Waals surface area contributed by atoms with E-state index in [1.165, 1.54) is 22.3 Å². The number of aryl methyl sites for hydroxylation is 2. The Labute approximate surface area is 219 Å². The van der Waals surface area contributed by atoms with Crippen molar-refractivity contribution in [2.45, 2.75) is 0 Å². The number of pyridine rings is 2. The van der Waals surface area contributed by atoms with Gasteiger partial charge in [0, 0.05) is 41.3 Å². The third-order valence-electron chi connectivity index (χ3n) is 6.26. The topological polar surface area (TPSA) is 11.0 Å². The molecule has 0 unspecified atom stereocenters. The summed E-state index contributed by atoms with van der Waals surface area (Å²) in [6.45, 7) is 0. The number of anilines is 3. The van der Waals surface area contributed by atoms with Gasteiger partial charge in [0.25, 0.3) is 0 Å². The second kappa shape index (κ2) is 11.3. The van der Waals surface area contributed by atoms with Crippen molar-refractivity contribution in [1.82, 2.24) is 0 Å². The zero-order valence-corrected chi connectivity index (χ0v) is 21.3. The molecule has 0 bridgehead atoms. The van der Waals surface area contributed by atoms with Crippen molar-refractivity contribution in [2.24, 2.45) is 14.1 Å². The Morgan fingerprint density at radius 1 is 0.405 bits per heavy atom. The number of aromatic nitrogens is 2. The minimum absolute atomic E-state index is 1.12. The van der Waals surface area contributed by atoms with Gasteiger partial charge in [0.2, 0.25) is 0 Å². The SMILES string of the molecule is C[n+]1ccc(/C=C/c2ccc(N(c3ccccc3)c3ccc(/C=C/c4cc[n+](C)cc4)cc3)cc2)cc1. The minimum Gasteiger partial charge on any atom is -0.311 e. The predicted molar refractivity (Wildman–Crippen MR) is 154 cm³/mol. The van der Waals surface area contributed by atoms with E-state index in [0.29, 0.717) is 0 Å². The van der Waals surface area contributed by atoms with Crippen LogP contribution in [0.3, 0.4) is 0 Å². The molecule has 0 aliphatic carbocycles. The molecular weight excluding hydrogens is 450 g/mol. The second-order valence-corrected chi connectivity index (χ2v) is 9.11. The largest absolute Gasteiger partial charge is 0.311 e. The Morgan fingerprint density at radius 2 is 0.730 bits per heavy atom. The van der Waals surface area contributed by atoms with Crippen LogP contribution in [0.5, 0.6) is 0 Å². The molecule has 3 nitrogen and oxygen atoms in total. The Bertz CT molecular complexity index is 1380. The first-order valence-corrected chi connectivity index (χ1v) is 12.5. The van der Waals surface area contributed by atoms with Crippen molar-refractivity contribution >= 4 is 41.4 Å². The fourth-order valence-corrected chi connectivity index (χ4v) is 4.13. The van der Waals surface area contributed by atoms with Crippen molar-refractivity contribution in [3.05, 3.63) is 150 Å². The van der Waals surface area contributed by atoms with Crippen molar-refractivity contribution < 1.29 is 9.13 Å². The lowest BCUT2D eigenvalue weighted by atomic mass is 10.1. The average molecular weight is 482 g/mol. The number of rotatable bonds is 7. The van der Waals surface area contributed by atoms with E-state index in [-0.39, 0.29) is 0 Å². The van der Waals surface area contributed by atoms with Crippen molar-refractivity contribution in [3.63, 3.8) is 0 Å². The number of para-hydroxylation sites is 1. The fraction of sp³-hybridized carbons (Fsp3) is 0.0588. The maximum Gasteiger partial charge on any atom is 0.169 e. The lowest BCUT2D eigenvalue weighted by Gasteiger charge is -2.25. The van der Waals surface area contributed by atoms with Crippen LogP contribution < -0.4 is 14.0 Å². The summed E-state index contributed by atoms with van der Waals surface area (Å²) < 4.78 is 4.08. The first-order valence-electron chi connectivity index (χ1n) is 12.5. The Kier molecular flexibility index (Phi) is 7.33. The maximum absolute atomic E-state index is 2.29. The summed E-state index contributed by atoms with van der Waals surface area (Å²) in [5, 5.41) is 0. The molecule has 0 N–H and O–H groups in total. The summed E-state index contributed by atoms with van der Waals surface area (Å²) in [5.74, 6) is 0. The highest BCUT2D eigenvalue weighted by Gasteiger charge is 2.11. The van der Waals surface area contributed by atoms with Crippen LogP contribution in [0.2, 0.25) is 0 Å². The van der Waals surface area contributed by atoms with Gasteiger partial charge in [-0.3, -0.25) is 0 Å². The highest BCUT2D eigenvalue weighted by Crippen LogP contribution is 2.34. The number of nitrogens with zero attached hydrogens (tertiary/aromatic N) is 3. The molecule has 3 heteroatoms. The molecule has 2 heterocycles. The van der Waals surface area contributed by atoms with Gasteiger partial charge in [-0.2, -0.15) is 0 Å². The highest BCUT2D eigenvalue weighted by atomic mass is 15.1. The lowest BCUT2D eigenvalue weighted by Crippen LogP contribution is -2.25. The van der Waals surface area contributed by atoms with Crippen LogP contribution in [0.1, 0.15) is 22.3 Å². The minimum atomic E-state index is 1.12. The molecule has 37 heavy (non-hydrogen) atoms. The van der Waals surface area contributed by atoms with Crippen LogP contribution in [0.15, 0.2) is 128 Å². The van der Waals surface area contributed by atoms with E-state index in [2.05, 4.69) is 157 Å². The summed E-state index contributed by atoms with van der Waals surface area (Å²) in [6.07, 6.45) is 16.8. The van der Waals surface area contributed by atoms with Gasteiger partial charge in [-0.25, -0.2) is 9.13 Å². The van der Waals surface area contributed by atoms with Crippen molar-refractivity contribution in [3.8, 4) is 0 Å². The molecule has 0 fully saturated rings. The molecule has 3 aromatic carbocycles. The molecule has 5 rings (SSSR count). The molecule has 0 atom stereocenters. The van der Waals surface area contributed by atoms with Gasteiger partial charge in [-0.15, -0.1) is 0 Å². The average Bonchev–Trinajstić information content (AvgIpc) is 2.95. The van der Waals surface area contributed by atoms with Crippen LogP contribution in [-0.2, 0) is 14.1 Å². The van der Waals surface area contributed by atoms with Gasteiger partial charge >= 0.3 is 0 Å². The van der Waals surface area contributed by atoms with Crippen molar-refractivity contribution in [2.75, 3.05) is 4.90 Å². The molecular formula is C34H31N3+2.